The zero-order valence-electron chi connectivity index (χ0n) is 18.5. The second-order valence-electron chi connectivity index (χ2n) is 8.51. The Morgan fingerprint density at radius 3 is 2.69 bits per heavy atom. The highest BCUT2D eigenvalue weighted by atomic mass is 16.2. The van der Waals surface area contributed by atoms with Crippen LogP contribution in [0, 0.1) is 0 Å². The number of nitrogens with zero attached hydrogens (tertiary/aromatic N) is 2. The van der Waals surface area contributed by atoms with Crippen LogP contribution in [0.25, 0.3) is 17.2 Å². The highest BCUT2D eigenvalue weighted by molar-refractivity contribution is 6.05. The zero-order valence-corrected chi connectivity index (χ0v) is 18.5. The van der Waals surface area contributed by atoms with E-state index >= 15 is 0 Å². The number of aldehydes is 1. The van der Waals surface area contributed by atoms with Crippen LogP contribution in [-0.2, 0) is 4.79 Å². The molecule has 2 aliphatic heterocycles. The van der Waals surface area contributed by atoms with E-state index in [2.05, 4.69) is 17.2 Å². The van der Waals surface area contributed by atoms with E-state index in [1.54, 1.807) is 12.1 Å². The van der Waals surface area contributed by atoms with Gasteiger partial charge in [-0.05, 0) is 49.1 Å². The Balaban J connectivity index is 1.61. The van der Waals surface area contributed by atoms with Crippen LogP contribution in [0.5, 0.6) is 0 Å². The Bertz CT molecular complexity index is 1050. The summed E-state index contributed by atoms with van der Waals surface area (Å²) < 4.78 is 0. The number of rotatable bonds is 7. The molecule has 2 heterocycles. The summed E-state index contributed by atoms with van der Waals surface area (Å²) >= 11 is 0. The molecule has 0 bridgehead atoms. The molecule has 6 nitrogen and oxygen atoms in total. The fourth-order valence-corrected chi connectivity index (χ4v) is 4.39. The molecule has 2 aliphatic rings. The molecule has 4 rings (SSSR count). The molecular formula is C26H30N4O2. The number of carbonyl (C=O) groups is 2. The first kappa shape index (κ1) is 22.0. The van der Waals surface area contributed by atoms with Crippen molar-refractivity contribution in [3.05, 3.63) is 59.2 Å². The highest BCUT2D eigenvalue weighted by Crippen LogP contribution is 2.32. The van der Waals surface area contributed by atoms with Crippen molar-refractivity contribution < 1.29 is 9.59 Å². The van der Waals surface area contributed by atoms with E-state index < -0.39 is 0 Å². The first-order chi connectivity index (χ1) is 15.6. The molecule has 1 atom stereocenters. The third-order valence-electron chi connectivity index (χ3n) is 6.03. The van der Waals surface area contributed by atoms with Crippen molar-refractivity contribution in [2.24, 2.45) is 10.7 Å². The average Bonchev–Trinajstić information content (AvgIpc) is 3.25. The molecule has 0 aliphatic carbocycles. The monoisotopic (exact) mass is 430 g/mol. The second kappa shape index (κ2) is 9.92. The molecule has 1 unspecified atom stereocenters. The van der Waals surface area contributed by atoms with Crippen LogP contribution in [-0.4, -0.2) is 48.6 Å². The first-order valence-corrected chi connectivity index (χ1v) is 11.3. The number of hydrogen-bond acceptors (Lipinski definition) is 5. The SMILES string of the molecule is CCCN(CC1CCCN1)C(=O)C1=Cc2ccc(-c3ccc(C=O)cc3)cc2N=C(N)C1. The molecule has 6 heteroatoms. The van der Waals surface area contributed by atoms with Gasteiger partial charge in [0.2, 0.25) is 5.91 Å². The van der Waals surface area contributed by atoms with Gasteiger partial charge in [0.1, 0.15) is 12.1 Å². The molecule has 0 aromatic heterocycles. The van der Waals surface area contributed by atoms with Crippen LogP contribution in [0.15, 0.2) is 53.0 Å². The van der Waals surface area contributed by atoms with Gasteiger partial charge in [-0.3, -0.25) is 9.59 Å². The molecule has 1 saturated heterocycles. The molecule has 3 N–H and O–H groups in total. The highest BCUT2D eigenvalue weighted by Gasteiger charge is 2.25. The van der Waals surface area contributed by atoms with Crippen molar-refractivity contribution in [1.29, 1.82) is 0 Å². The Hall–Kier alpha value is -3.25. The van der Waals surface area contributed by atoms with E-state index in [0.29, 0.717) is 29.4 Å². The van der Waals surface area contributed by atoms with Gasteiger partial charge < -0.3 is 16.0 Å². The number of hydrogen-bond donors (Lipinski definition) is 2. The van der Waals surface area contributed by atoms with Gasteiger partial charge in [-0.25, -0.2) is 4.99 Å². The lowest BCUT2D eigenvalue weighted by Crippen LogP contribution is -2.42. The van der Waals surface area contributed by atoms with Gasteiger partial charge in [0.15, 0.2) is 0 Å². The molecule has 0 spiro atoms. The molecule has 0 radical (unpaired) electrons. The third-order valence-corrected chi connectivity index (χ3v) is 6.03. The lowest BCUT2D eigenvalue weighted by Gasteiger charge is -2.26. The van der Waals surface area contributed by atoms with Gasteiger partial charge in [-0.1, -0.05) is 43.3 Å². The summed E-state index contributed by atoms with van der Waals surface area (Å²) in [4.78, 5) is 30.9. The van der Waals surface area contributed by atoms with Gasteiger partial charge in [0.05, 0.1) is 5.69 Å². The fourth-order valence-electron chi connectivity index (χ4n) is 4.39. The molecule has 166 valence electrons. The summed E-state index contributed by atoms with van der Waals surface area (Å²) in [6.45, 7) is 4.57. The van der Waals surface area contributed by atoms with Crippen LogP contribution in [0.4, 0.5) is 5.69 Å². The van der Waals surface area contributed by atoms with Gasteiger partial charge in [0, 0.05) is 42.3 Å². The topological polar surface area (TPSA) is 87.8 Å². The minimum absolute atomic E-state index is 0.0417. The van der Waals surface area contributed by atoms with Crippen LogP contribution in [0.1, 0.15) is 48.5 Å². The van der Waals surface area contributed by atoms with E-state index in [4.69, 9.17) is 5.73 Å². The Kier molecular flexibility index (Phi) is 6.81. The van der Waals surface area contributed by atoms with E-state index in [0.717, 1.165) is 67.6 Å². The summed E-state index contributed by atoms with van der Waals surface area (Å²) in [5, 5.41) is 3.49. The molecule has 1 fully saturated rings. The standard InChI is InChI=1S/C26H30N4O2/c1-2-12-30(16-23-4-3-11-28-23)26(32)22-13-21-10-9-20(14-24(21)29-25(27)15-22)19-7-5-18(17-31)6-8-19/h5-10,13-14,17,23,28H,2-4,11-12,15-16H2,1H3,(H2,27,29). The van der Waals surface area contributed by atoms with Crippen molar-refractivity contribution in [3.8, 4) is 11.1 Å². The number of aliphatic imine (C=N–C) groups is 1. The first-order valence-electron chi connectivity index (χ1n) is 11.3. The maximum atomic E-state index is 13.4. The summed E-state index contributed by atoms with van der Waals surface area (Å²) in [6, 6.07) is 13.8. The molecular weight excluding hydrogens is 400 g/mol. The normalized spacial score (nSPS) is 17.7. The Morgan fingerprint density at radius 2 is 2.00 bits per heavy atom. The van der Waals surface area contributed by atoms with Crippen LogP contribution >= 0.6 is 0 Å². The minimum Gasteiger partial charge on any atom is -0.387 e. The maximum absolute atomic E-state index is 13.4. The Labute approximate surface area is 189 Å². The lowest BCUT2D eigenvalue weighted by molar-refractivity contribution is -0.127. The summed E-state index contributed by atoms with van der Waals surface area (Å²) in [5.41, 5.74) is 11.2. The fraction of sp³-hybridized carbons (Fsp3) is 0.346. The molecule has 32 heavy (non-hydrogen) atoms. The van der Waals surface area contributed by atoms with Gasteiger partial charge >= 0.3 is 0 Å². The predicted octanol–water partition coefficient (Wildman–Crippen LogP) is 3.93. The quantitative estimate of drug-likeness (QED) is 0.652. The van der Waals surface area contributed by atoms with Gasteiger partial charge in [0.25, 0.3) is 0 Å². The van der Waals surface area contributed by atoms with E-state index in [1.165, 1.54) is 0 Å². The largest absolute Gasteiger partial charge is 0.387 e. The molecule has 2 aromatic carbocycles. The van der Waals surface area contributed by atoms with Crippen LogP contribution in [0.2, 0.25) is 0 Å². The van der Waals surface area contributed by atoms with Crippen molar-refractivity contribution in [3.63, 3.8) is 0 Å². The van der Waals surface area contributed by atoms with Crippen LogP contribution < -0.4 is 11.1 Å². The molecule has 0 saturated carbocycles. The lowest BCUT2D eigenvalue weighted by atomic mass is 10.00. The van der Waals surface area contributed by atoms with Crippen molar-refractivity contribution in [2.75, 3.05) is 19.6 Å². The van der Waals surface area contributed by atoms with Crippen LogP contribution in [0.3, 0.4) is 0 Å². The third kappa shape index (κ3) is 4.97. The van der Waals surface area contributed by atoms with E-state index in [-0.39, 0.29) is 5.91 Å². The van der Waals surface area contributed by atoms with Crippen molar-refractivity contribution in [1.82, 2.24) is 10.2 Å². The van der Waals surface area contributed by atoms with Crippen molar-refractivity contribution in [2.45, 2.75) is 38.6 Å². The Morgan fingerprint density at radius 1 is 1.22 bits per heavy atom. The van der Waals surface area contributed by atoms with Crippen molar-refractivity contribution >= 4 is 29.8 Å². The summed E-state index contributed by atoms with van der Waals surface area (Å²) in [7, 11) is 0. The number of nitrogens with one attached hydrogen (secondary N) is 1. The summed E-state index contributed by atoms with van der Waals surface area (Å²) in [6.07, 6.45) is 6.29. The minimum atomic E-state index is 0.0417. The number of nitrogens with two attached hydrogens (primary N) is 1. The molecule has 2 aromatic rings. The summed E-state index contributed by atoms with van der Waals surface area (Å²) in [5.74, 6) is 0.479. The second-order valence-corrected chi connectivity index (χ2v) is 8.51. The smallest absolute Gasteiger partial charge is 0.250 e. The number of benzene rings is 2. The number of amides is 1. The number of fused-ring (bicyclic) bond motifs is 1. The number of carbonyl (C=O) groups excluding carboxylic acids is 2. The molecule has 1 amide bonds. The number of amidine groups is 1. The van der Waals surface area contributed by atoms with Gasteiger partial charge in [-0.15, -0.1) is 0 Å². The zero-order chi connectivity index (χ0) is 22.5. The van der Waals surface area contributed by atoms with Gasteiger partial charge in [-0.2, -0.15) is 0 Å². The predicted molar refractivity (Wildman–Crippen MR) is 129 cm³/mol. The van der Waals surface area contributed by atoms with E-state index in [1.807, 2.05) is 41.3 Å². The average molecular weight is 431 g/mol. The maximum Gasteiger partial charge on any atom is 0.250 e. The van der Waals surface area contributed by atoms with E-state index in [9.17, 15) is 9.59 Å².